The van der Waals surface area contributed by atoms with Gasteiger partial charge in [0.05, 0.1) is 7.11 Å². The summed E-state index contributed by atoms with van der Waals surface area (Å²) < 4.78 is 5.02. The average Bonchev–Trinajstić information content (AvgIpc) is 2.47. The number of likely N-dealkylation sites (tertiary alicyclic amines) is 1. The summed E-state index contributed by atoms with van der Waals surface area (Å²) in [5.41, 5.74) is -0.581. The summed E-state index contributed by atoms with van der Waals surface area (Å²) in [6, 6.07) is 0.681. The fraction of sp³-hybridized carbons (Fsp3) is 0.938. The van der Waals surface area contributed by atoms with E-state index in [1.54, 1.807) is 0 Å². The Morgan fingerprint density at radius 2 is 2.00 bits per heavy atom. The van der Waals surface area contributed by atoms with Crippen LogP contribution in [0.15, 0.2) is 0 Å². The number of nitrogens with zero attached hydrogens (tertiary/aromatic N) is 1. The molecule has 4 nitrogen and oxygen atoms in total. The molecule has 0 aromatic heterocycles. The van der Waals surface area contributed by atoms with Crippen LogP contribution < -0.4 is 5.32 Å². The highest BCUT2D eigenvalue weighted by atomic mass is 16.5. The number of hydrogen-bond donors (Lipinski definition) is 1. The Labute approximate surface area is 123 Å². The Kier molecular flexibility index (Phi) is 5.44. The number of nitrogens with one attached hydrogen (secondary N) is 1. The fourth-order valence-corrected chi connectivity index (χ4v) is 4.14. The average molecular weight is 282 g/mol. The van der Waals surface area contributed by atoms with Gasteiger partial charge in [0.1, 0.15) is 5.54 Å². The minimum atomic E-state index is -0.581. The van der Waals surface area contributed by atoms with Gasteiger partial charge in [0, 0.05) is 12.6 Å². The number of fused-ring (bicyclic) bond motifs is 1. The molecule has 2 rings (SSSR count). The summed E-state index contributed by atoms with van der Waals surface area (Å²) in [4.78, 5) is 14.7. The van der Waals surface area contributed by atoms with Crippen LogP contribution in [0.4, 0.5) is 0 Å². The molecule has 1 saturated heterocycles. The van der Waals surface area contributed by atoms with Crippen molar-refractivity contribution in [2.75, 3.05) is 26.7 Å². The first kappa shape index (κ1) is 15.8. The Morgan fingerprint density at radius 3 is 2.70 bits per heavy atom. The minimum Gasteiger partial charge on any atom is -0.468 e. The third-order valence-corrected chi connectivity index (χ3v) is 5.08. The van der Waals surface area contributed by atoms with Crippen molar-refractivity contribution in [3.05, 3.63) is 0 Å². The molecular weight excluding hydrogens is 252 g/mol. The van der Waals surface area contributed by atoms with Crippen LogP contribution in [0.5, 0.6) is 0 Å². The van der Waals surface area contributed by atoms with Gasteiger partial charge in [0.15, 0.2) is 0 Å². The van der Waals surface area contributed by atoms with E-state index in [0.717, 1.165) is 25.6 Å². The summed E-state index contributed by atoms with van der Waals surface area (Å²) in [6.07, 6.45) is 8.04. The molecule has 0 aromatic rings. The van der Waals surface area contributed by atoms with Gasteiger partial charge < -0.3 is 10.1 Å². The lowest BCUT2D eigenvalue weighted by Gasteiger charge is -2.46. The maximum atomic E-state index is 12.1. The molecule has 0 amide bonds. The van der Waals surface area contributed by atoms with Crippen LogP contribution in [-0.2, 0) is 9.53 Å². The van der Waals surface area contributed by atoms with Gasteiger partial charge >= 0.3 is 5.97 Å². The van der Waals surface area contributed by atoms with Crippen LogP contribution >= 0.6 is 0 Å². The van der Waals surface area contributed by atoms with Crippen molar-refractivity contribution >= 4 is 5.97 Å². The van der Waals surface area contributed by atoms with E-state index in [9.17, 15) is 4.79 Å². The van der Waals surface area contributed by atoms with Gasteiger partial charge in [-0.2, -0.15) is 0 Å². The molecule has 4 heteroatoms. The first-order valence-corrected chi connectivity index (χ1v) is 8.18. The van der Waals surface area contributed by atoms with E-state index in [-0.39, 0.29) is 5.97 Å². The van der Waals surface area contributed by atoms with E-state index in [4.69, 9.17) is 4.74 Å². The van der Waals surface area contributed by atoms with Crippen molar-refractivity contribution in [1.29, 1.82) is 0 Å². The molecule has 1 aliphatic carbocycles. The highest BCUT2D eigenvalue weighted by molar-refractivity contribution is 5.80. The lowest BCUT2D eigenvalue weighted by molar-refractivity contribution is -0.149. The maximum absolute atomic E-state index is 12.1. The van der Waals surface area contributed by atoms with Crippen LogP contribution in [-0.4, -0.2) is 49.2 Å². The van der Waals surface area contributed by atoms with Gasteiger partial charge in [-0.25, -0.2) is 0 Å². The van der Waals surface area contributed by atoms with Gasteiger partial charge in [-0.3, -0.25) is 9.69 Å². The first-order valence-electron chi connectivity index (χ1n) is 8.18. The number of ether oxygens (including phenoxy) is 1. The molecule has 3 unspecified atom stereocenters. The van der Waals surface area contributed by atoms with Crippen LogP contribution in [0.1, 0.15) is 52.4 Å². The van der Waals surface area contributed by atoms with Crippen LogP contribution in [0.3, 0.4) is 0 Å². The summed E-state index contributed by atoms with van der Waals surface area (Å²) in [5, 5.41) is 3.34. The standard InChI is InChI=1S/C16H30N2O2/c1-4-17-16(2,15(19)20-3)12-18-11-7-9-13-8-5-6-10-14(13)18/h13-14,17H,4-12H2,1-3H3. The topological polar surface area (TPSA) is 41.6 Å². The second-order valence-electron chi connectivity index (χ2n) is 6.58. The predicted molar refractivity (Wildman–Crippen MR) is 80.7 cm³/mol. The predicted octanol–water partition coefficient (Wildman–Crippen LogP) is 2.18. The van der Waals surface area contributed by atoms with Gasteiger partial charge in [-0.1, -0.05) is 19.8 Å². The summed E-state index contributed by atoms with van der Waals surface area (Å²) in [6.45, 7) is 6.71. The third-order valence-electron chi connectivity index (χ3n) is 5.08. The largest absolute Gasteiger partial charge is 0.468 e. The highest BCUT2D eigenvalue weighted by Crippen LogP contribution is 2.35. The van der Waals surface area contributed by atoms with Crippen LogP contribution in [0.25, 0.3) is 0 Å². The summed E-state index contributed by atoms with van der Waals surface area (Å²) in [7, 11) is 1.48. The van der Waals surface area contributed by atoms with Crippen LogP contribution in [0, 0.1) is 5.92 Å². The molecule has 20 heavy (non-hydrogen) atoms. The molecule has 1 saturated carbocycles. The van der Waals surface area contributed by atoms with E-state index in [1.807, 2.05) is 13.8 Å². The van der Waals surface area contributed by atoms with Gasteiger partial charge in [-0.15, -0.1) is 0 Å². The number of carbonyl (C=O) groups excluding carboxylic acids is 1. The second-order valence-corrected chi connectivity index (χ2v) is 6.58. The second kappa shape index (κ2) is 6.90. The molecule has 3 atom stereocenters. The molecule has 2 fully saturated rings. The van der Waals surface area contributed by atoms with Crippen molar-refractivity contribution < 1.29 is 9.53 Å². The van der Waals surface area contributed by atoms with Gasteiger partial charge in [-0.05, 0) is 51.6 Å². The summed E-state index contributed by atoms with van der Waals surface area (Å²) in [5.74, 6) is 0.707. The molecule has 2 aliphatic rings. The number of carbonyl (C=O) groups is 1. The normalized spacial score (nSPS) is 30.4. The zero-order valence-electron chi connectivity index (χ0n) is 13.3. The number of likely N-dealkylation sites (N-methyl/N-ethyl adjacent to an activating group) is 1. The van der Waals surface area contributed by atoms with Crippen molar-refractivity contribution in [3.8, 4) is 0 Å². The van der Waals surface area contributed by atoms with Gasteiger partial charge in [0.2, 0.25) is 0 Å². The Bertz CT molecular complexity index is 332. The minimum absolute atomic E-state index is 0.141. The molecule has 0 bridgehead atoms. The number of methoxy groups -OCH3 is 1. The zero-order chi connectivity index (χ0) is 14.6. The molecule has 0 spiro atoms. The molecule has 0 radical (unpaired) electrons. The highest BCUT2D eigenvalue weighted by Gasteiger charge is 2.40. The van der Waals surface area contributed by atoms with E-state index in [1.165, 1.54) is 45.6 Å². The molecular formula is C16H30N2O2. The zero-order valence-corrected chi connectivity index (χ0v) is 13.3. The van der Waals surface area contributed by atoms with Crippen molar-refractivity contribution in [2.24, 2.45) is 5.92 Å². The molecule has 0 aromatic carbocycles. The number of rotatable bonds is 5. The van der Waals surface area contributed by atoms with E-state index in [0.29, 0.717) is 6.04 Å². The number of esters is 1. The maximum Gasteiger partial charge on any atom is 0.327 e. The molecule has 116 valence electrons. The summed E-state index contributed by atoms with van der Waals surface area (Å²) >= 11 is 0. The Balaban J connectivity index is 2.06. The fourth-order valence-electron chi connectivity index (χ4n) is 4.14. The van der Waals surface area contributed by atoms with Crippen molar-refractivity contribution in [1.82, 2.24) is 10.2 Å². The monoisotopic (exact) mass is 282 g/mol. The lowest BCUT2D eigenvalue weighted by atomic mass is 9.78. The molecule has 1 aliphatic heterocycles. The molecule has 1 heterocycles. The number of hydrogen-bond acceptors (Lipinski definition) is 4. The van der Waals surface area contributed by atoms with E-state index < -0.39 is 5.54 Å². The lowest BCUT2D eigenvalue weighted by Crippen LogP contribution is -2.61. The van der Waals surface area contributed by atoms with Gasteiger partial charge in [0.25, 0.3) is 0 Å². The first-order chi connectivity index (χ1) is 9.60. The van der Waals surface area contributed by atoms with Crippen molar-refractivity contribution in [3.63, 3.8) is 0 Å². The van der Waals surface area contributed by atoms with E-state index >= 15 is 0 Å². The SMILES string of the molecule is CCNC(C)(CN1CCCC2CCCCC21)C(=O)OC. The number of piperidine rings is 1. The van der Waals surface area contributed by atoms with Crippen molar-refractivity contribution in [2.45, 2.75) is 64.0 Å². The smallest absolute Gasteiger partial charge is 0.327 e. The Morgan fingerprint density at radius 1 is 1.30 bits per heavy atom. The van der Waals surface area contributed by atoms with Crippen LogP contribution in [0.2, 0.25) is 0 Å². The Hall–Kier alpha value is -0.610. The molecule has 1 N–H and O–H groups in total. The van der Waals surface area contributed by atoms with E-state index in [2.05, 4.69) is 10.2 Å². The quantitative estimate of drug-likeness (QED) is 0.785. The third kappa shape index (κ3) is 3.34.